The van der Waals surface area contributed by atoms with Gasteiger partial charge in [0.2, 0.25) is 5.91 Å². The Labute approximate surface area is 151 Å². The van der Waals surface area contributed by atoms with Gasteiger partial charge in [0.25, 0.3) is 0 Å². The molecule has 3 amide bonds. The van der Waals surface area contributed by atoms with Gasteiger partial charge >= 0.3 is 12.0 Å². The largest absolute Gasteiger partial charge is 0.479 e. The molecular weight excluding hydrogens is 338 g/mol. The third-order valence-electron chi connectivity index (χ3n) is 4.74. The van der Waals surface area contributed by atoms with Crippen LogP contribution in [0.1, 0.15) is 12.8 Å². The fourth-order valence-corrected chi connectivity index (χ4v) is 3.34. The Morgan fingerprint density at radius 1 is 1.08 bits per heavy atom. The number of aliphatic carboxylic acids is 1. The zero-order valence-electron chi connectivity index (χ0n) is 14.5. The molecule has 2 unspecified atom stereocenters. The van der Waals surface area contributed by atoms with Crippen LogP contribution in [0.5, 0.6) is 0 Å². The van der Waals surface area contributed by atoms with E-state index in [1.54, 1.807) is 9.80 Å². The second-order valence-corrected chi connectivity index (χ2v) is 6.56. The van der Waals surface area contributed by atoms with Gasteiger partial charge in [-0.1, -0.05) is 18.2 Å². The zero-order chi connectivity index (χ0) is 18.5. The molecule has 8 heteroatoms. The Morgan fingerprint density at radius 2 is 1.85 bits per heavy atom. The smallest absolute Gasteiger partial charge is 0.334 e. The van der Waals surface area contributed by atoms with Crippen LogP contribution in [0.3, 0.4) is 0 Å². The van der Waals surface area contributed by atoms with Gasteiger partial charge < -0.3 is 25.0 Å². The number of hydrogen-bond donors (Lipinski definition) is 2. The van der Waals surface area contributed by atoms with Crippen molar-refractivity contribution in [3.8, 4) is 0 Å². The van der Waals surface area contributed by atoms with Crippen LogP contribution in [-0.2, 0) is 14.3 Å². The lowest BCUT2D eigenvalue weighted by atomic mass is 9.96. The number of hydrogen-bond acceptors (Lipinski definition) is 4. The van der Waals surface area contributed by atoms with E-state index in [4.69, 9.17) is 9.84 Å². The summed E-state index contributed by atoms with van der Waals surface area (Å²) >= 11 is 0. The van der Waals surface area contributed by atoms with Crippen LogP contribution >= 0.6 is 0 Å². The van der Waals surface area contributed by atoms with E-state index in [-0.39, 0.29) is 31.0 Å². The highest BCUT2D eigenvalue weighted by Gasteiger charge is 2.35. The van der Waals surface area contributed by atoms with Gasteiger partial charge in [0.15, 0.2) is 6.10 Å². The second-order valence-electron chi connectivity index (χ2n) is 6.56. The van der Waals surface area contributed by atoms with Gasteiger partial charge in [-0.15, -0.1) is 0 Å². The van der Waals surface area contributed by atoms with Crippen molar-refractivity contribution in [3.63, 3.8) is 0 Å². The first kappa shape index (κ1) is 18.2. The quantitative estimate of drug-likeness (QED) is 0.844. The van der Waals surface area contributed by atoms with Crippen LogP contribution in [-0.4, -0.2) is 71.7 Å². The van der Waals surface area contributed by atoms with Gasteiger partial charge in [-0.3, -0.25) is 4.79 Å². The van der Waals surface area contributed by atoms with E-state index in [0.717, 1.165) is 6.42 Å². The molecule has 2 aliphatic rings. The first-order chi connectivity index (χ1) is 12.5. The standard InChI is InChI=1S/C18H23N3O5/c22-16(20-9-10-26-15(12-20)17(23)24)13-5-4-8-21(11-13)18(25)19-14-6-2-1-3-7-14/h1-3,6-7,13,15H,4-5,8-12H2,(H,19,25)(H,23,24). The maximum absolute atomic E-state index is 12.8. The van der Waals surface area contributed by atoms with Crippen molar-refractivity contribution in [1.29, 1.82) is 0 Å². The number of piperidine rings is 1. The lowest BCUT2D eigenvalue weighted by Gasteiger charge is -2.37. The molecule has 2 saturated heterocycles. The summed E-state index contributed by atoms with van der Waals surface area (Å²) in [5.74, 6) is -1.47. The molecule has 0 bridgehead atoms. The summed E-state index contributed by atoms with van der Waals surface area (Å²) in [6.45, 7) is 1.60. The number of morpholine rings is 1. The Bertz CT molecular complexity index is 666. The molecule has 0 spiro atoms. The van der Waals surface area contributed by atoms with Crippen molar-refractivity contribution in [2.24, 2.45) is 5.92 Å². The number of benzene rings is 1. The number of carbonyl (C=O) groups excluding carboxylic acids is 2. The average Bonchev–Trinajstić information content (AvgIpc) is 2.68. The molecule has 2 aliphatic heterocycles. The van der Waals surface area contributed by atoms with Crippen molar-refractivity contribution in [1.82, 2.24) is 9.80 Å². The number of carboxylic acids is 1. The Kier molecular flexibility index (Phi) is 5.72. The SMILES string of the molecule is O=C(O)C1CN(C(=O)C2CCCN(C(=O)Nc3ccccc3)C2)CCO1. The summed E-state index contributed by atoms with van der Waals surface area (Å²) < 4.78 is 5.16. The lowest BCUT2D eigenvalue weighted by Crippen LogP contribution is -2.53. The van der Waals surface area contributed by atoms with Crippen LogP contribution in [0.4, 0.5) is 10.5 Å². The highest BCUT2D eigenvalue weighted by atomic mass is 16.5. The summed E-state index contributed by atoms with van der Waals surface area (Å²) in [4.78, 5) is 39.5. The molecule has 1 aromatic carbocycles. The first-order valence-corrected chi connectivity index (χ1v) is 8.79. The molecule has 0 radical (unpaired) electrons. The van der Waals surface area contributed by atoms with E-state index in [0.29, 0.717) is 31.7 Å². The molecule has 2 atom stereocenters. The van der Waals surface area contributed by atoms with E-state index in [9.17, 15) is 14.4 Å². The highest BCUT2D eigenvalue weighted by molar-refractivity contribution is 5.90. The van der Waals surface area contributed by atoms with Gasteiger partial charge in [0.05, 0.1) is 19.1 Å². The minimum absolute atomic E-state index is 0.0564. The zero-order valence-corrected chi connectivity index (χ0v) is 14.5. The number of likely N-dealkylation sites (tertiary alicyclic amines) is 1. The molecule has 0 saturated carbocycles. The Hall–Kier alpha value is -2.61. The molecule has 140 valence electrons. The van der Waals surface area contributed by atoms with Crippen molar-refractivity contribution in [2.45, 2.75) is 18.9 Å². The number of carbonyl (C=O) groups is 3. The molecule has 3 rings (SSSR count). The van der Waals surface area contributed by atoms with Gasteiger partial charge in [-0.05, 0) is 25.0 Å². The van der Waals surface area contributed by atoms with E-state index in [1.165, 1.54) is 0 Å². The molecular formula is C18H23N3O5. The van der Waals surface area contributed by atoms with Crippen molar-refractivity contribution in [3.05, 3.63) is 30.3 Å². The predicted octanol–water partition coefficient (Wildman–Crippen LogP) is 1.24. The van der Waals surface area contributed by atoms with E-state index >= 15 is 0 Å². The molecule has 1 aromatic rings. The van der Waals surface area contributed by atoms with Crippen molar-refractivity contribution < 1.29 is 24.2 Å². The Morgan fingerprint density at radius 3 is 2.58 bits per heavy atom. The number of ether oxygens (including phenoxy) is 1. The molecule has 2 fully saturated rings. The number of nitrogens with one attached hydrogen (secondary N) is 1. The molecule has 8 nitrogen and oxygen atoms in total. The topological polar surface area (TPSA) is 99.2 Å². The summed E-state index contributed by atoms with van der Waals surface area (Å²) in [6.07, 6.45) is 0.461. The van der Waals surface area contributed by atoms with E-state index in [2.05, 4.69) is 5.32 Å². The fraction of sp³-hybridized carbons (Fsp3) is 0.500. The number of carboxylic acid groups (broad SMARTS) is 1. The van der Waals surface area contributed by atoms with Crippen LogP contribution in [0.15, 0.2) is 30.3 Å². The van der Waals surface area contributed by atoms with E-state index in [1.807, 2.05) is 30.3 Å². The third-order valence-corrected chi connectivity index (χ3v) is 4.74. The predicted molar refractivity (Wildman–Crippen MR) is 93.7 cm³/mol. The Balaban J connectivity index is 1.58. The minimum atomic E-state index is -1.06. The summed E-state index contributed by atoms with van der Waals surface area (Å²) in [7, 11) is 0. The minimum Gasteiger partial charge on any atom is -0.479 e. The fourth-order valence-electron chi connectivity index (χ4n) is 3.34. The van der Waals surface area contributed by atoms with Gasteiger partial charge in [0.1, 0.15) is 0 Å². The van der Waals surface area contributed by atoms with Crippen molar-refractivity contribution >= 4 is 23.6 Å². The van der Waals surface area contributed by atoms with Gasteiger partial charge in [-0.2, -0.15) is 0 Å². The average molecular weight is 361 g/mol. The number of anilines is 1. The lowest BCUT2D eigenvalue weighted by molar-refractivity contribution is -0.160. The van der Waals surface area contributed by atoms with Gasteiger partial charge in [0, 0.05) is 25.3 Å². The van der Waals surface area contributed by atoms with Crippen LogP contribution in [0, 0.1) is 5.92 Å². The molecule has 2 N–H and O–H groups in total. The monoisotopic (exact) mass is 361 g/mol. The normalized spacial score (nSPS) is 23.4. The molecule has 26 heavy (non-hydrogen) atoms. The van der Waals surface area contributed by atoms with Crippen molar-refractivity contribution in [2.75, 3.05) is 38.1 Å². The number of rotatable bonds is 3. The number of amides is 3. The van der Waals surface area contributed by atoms with Gasteiger partial charge in [-0.25, -0.2) is 9.59 Å². The number of urea groups is 1. The van der Waals surface area contributed by atoms with Crippen LogP contribution in [0.25, 0.3) is 0 Å². The third kappa shape index (κ3) is 4.32. The van der Waals surface area contributed by atoms with Crippen LogP contribution in [0.2, 0.25) is 0 Å². The van der Waals surface area contributed by atoms with Crippen LogP contribution < -0.4 is 5.32 Å². The first-order valence-electron chi connectivity index (χ1n) is 8.79. The molecule has 2 heterocycles. The molecule has 0 aromatic heterocycles. The summed E-state index contributed by atoms with van der Waals surface area (Å²) in [6, 6.07) is 8.95. The molecule has 0 aliphatic carbocycles. The second kappa shape index (κ2) is 8.18. The summed E-state index contributed by atoms with van der Waals surface area (Å²) in [5.41, 5.74) is 0.712. The number of nitrogens with zero attached hydrogens (tertiary/aromatic N) is 2. The summed E-state index contributed by atoms with van der Waals surface area (Å²) in [5, 5.41) is 11.9. The van der Waals surface area contributed by atoms with E-state index < -0.39 is 12.1 Å². The number of para-hydroxylation sites is 1. The maximum Gasteiger partial charge on any atom is 0.334 e. The maximum atomic E-state index is 12.8. The highest BCUT2D eigenvalue weighted by Crippen LogP contribution is 2.21.